The summed E-state index contributed by atoms with van der Waals surface area (Å²) in [5.41, 5.74) is 0.728. The zero-order valence-corrected chi connectivity index (χ0v) is 8.92. The van der Waals surface area contributed by atoms with Crippen LogP contribution in [-0.2, 0) is 4.79 Å². The second-order valence-corrected chi connectivity index (χ2v) is 4.89. The van der Waals surface area contributed by atoms with Crippen LogP contribution in [0.25, 0.3) is 0 Å². The van der Waals surface area contributed by atoms with Gasteiger partial charge in [-0.05, 0) is 44.6 Å². The zero-order chi connectivity index (χ0) is 10.3. The van der Waals surface area contributed by atoms with E-state index in [0.29, 0.717) is 5.92 Å². The Hall–Kier alpha value is -0.630. The first-order valence-corrected chi connectivity index (χ1v) is 5.47. The fraction of sp³-hybridized carbons (Fsp3) is 0.750. The minimum Gasteiger partial charge on any atom is -0.392 e. The number of aliphatic hydroxyl groups is 1. The Balaban J connectivity index is 2.36. The Morgan fingerprint density at radius 1 is 1.50 bits per heavy atom. The minimum absolute atomic E-state index is 0.166. The number of hydrogen-bond acceptors (Lipinski definition) is 2. The van der Waals surface area contributed by atoms with Crippen LogP contribution < -0.4 is 0 Å². The fourth-order valence-electron chi connectivity index (χ4n) is 3.03. The first-order valence-electron chi connectivity index (χ1n) is 5.47. The van der Waals surface area contributed by atoms with Crippen molar-refractivity contribution in [1.29, 1.82) is 0 Å². The molecule has 0 aromatic rings. The van der Waals surface area contributed by atoms with Gasteiger partial charge in [0.15, 0.2) is 5.78 Å². The van der Waals surface area contributed by atoms with E-state index >= 15 is 0 Å². The third-order valence-corrected chi connectivity index (χ3v) is 4.12. The molecule has 0 amide bonds. The molecule has 2 nitrogen and oxygen atoms in total. The van der Waals surface area contributed by atoms with Gasteiger partial charge in [-0.15, -0.1) is 0 Å². The van der Waals surface area contributed by atoms with Gasteiger partial charge in [0.25, 0.3) is 0 Å². The predicted octanol–water partition coefficient (Wildman–Crippen LogP) is 2.07. The quantitative estimate of drug-likeness (QED) is 0.641. The zero-order valence-electron chi connectivity index (χ0n) is 8.92. The van der Waals surface area contributed by atoms with Crippen LogP contribution in [0, 0.1) is 11.3 Å². The lowest BCUT2D eigenvalue weighted by atomic mass is 9.67. The van der Waals surface area contributed by atoms with Crippen LogP contribution >= 0.6 is 0 Å². The summed E-state index contributed by atoms with van der Waals surface area (Å²) in [5, 5.41) is 9.98. The Bertz CT molecular complexity index is 281. The molecule has 2 rings (SSSR count). The maximum absolute atomic E-state index is 12.0. The van der Waals surface area contributed by atoms with Crippen LogP contribution in [0.4, 0.5) is 0 Å². The van der Waals surface area contributed by atoms with Gasteiger partial charge in [0, 0.05) is 0 Å². The van der Waals surface area contributed by atoms with Gasteiger partial charge in [0.1, 0.15) is 0 Å². The van der Waals surface area contributed by atoms with Crippen molar-refractivity contribution in [1.82, 2.24) is 0 Å². The summed E-state index contributed by atoms with van der Waals surface area (Å²) in [7, 11) is 0. The average molecular weight is 194 g/mol. The highest BCUT2D eigenvalue weighted by Crippen LogP contribution is 2.50. The van der Waals surface area contributed by atoms with Gasteiger partial charge in [-0.3, -0.25) is 4.79 Å². The molecule has 1 saturated carbocycles. The second-order valence-electron chi connectivity index (χ2n) is 4.89. The Labute approximate surface area is 85.0 Å². The molecule has 1 spiro atoms. The van der Waals surface area contributed by atoms with Crippen molar-refractivity contribution in [3.8, 4) is 0 Å². The molecule has 2 heteroatoms. The molecule has 0 heterocycles. The van der Waals surface area contributed by atoms with Crippen molar-refractivity contribution in [3.63, 3.8) is 0 Å². The smallest absolute Gasteiger partial charge is 0.164 e. The van der Waals surface area contributed by atoms with Gasteiger partial charge in [-0.2, -0.15) is 0 Å². The van der Waals surface area contributed by atoms with Crippen LogP contribution in [0.5, 0.6) is 0 Å². The molecule has 0 radical (unpaired) electrons. The lowest BCUT2D eigenvalue weighted by molar-refractivity contribution is -0.132. The number of carbonyl (C=O) groups excluding carboxylic acids is 1. The average Bonchev–Trinajstić information content (AvgIpc) is 2.40. The molecular weight excluding hydrogens is 176 g/mol. The van der Waals surface area contributed by atoms with Crippen LogP contribution in [0.2, 0.25) is 0 Å². The van der Waals surface area contributed by atoms with E-state index in [4.69, 9.17) is 0 Å². The summed E-state index contributed by atoms with van der Waals surface area (Å²) in [6, 6.07) is 0. The lowest BCUT2D eigenvalue weighted by Crippen LogP contribution is -2.43. The molecule has 0 aromatic carbocycles. The molecule has 0 aromatic heterocycles. The molecule has 78 valence electrons. The van der Waals surface area contributed by atoms with Crippen molar-refractivity contribution in [2.24, 2.45) is 11.3 Å². The first kappa shape index (κ1) is 9.91. The molecule has 2 aliphatic rings. The minimum atomic E-state index is -0.431. The number of ketones is 1. The standard InChI is InChI=1S/C12H18O2/c1-8-5-6-12(11(14)7-8)9(2)3-4-10(12)13/h7,9-10,13H,3-6H2,1-2H3/t9-,10+,12+/m0/s1. The predicted molar refractivity (Wildman–Crippen MR) is 54.8 cm³/mol. The van der Waals surface area contributed by atoms with Gasteiger partial charge in [0.05, 0.1) is 11.5 Å². The number of rotatable bonds is 0. The van der Waals surface area contributed by atoms with Gasteiger partial charge in [0.2, 0.25) is 0 Å². The third kappa shape index (κ3) is 1.17. The Morgan fingerprint density at radius 3 is 2.71 bits per heavy atom. The SMILES string of the molecule is CC1=CC(=O)[C@@]2(CC1)[C@H](O)CC[C@@H]2C. The molecular formula is C12H18O2. The normalized spacial score (nSPS) is 43.1. The summed E-state index contributed by atoms with van der Waals surface area (Å²) in [6.07, 6.45) is 4.92. The van der Waals surface area contributed by atoms with E-state index in [2.05, 4.69) is 6.92 Å². The van der Waals surface area contributed by atoms with E-state index in [0.717, 1.165) is 31.3 Å². The maximum atomic E-state index is 12.0. The lowest BCUT2D eigenvalue weighted by Gasteiger charge is -2.37. The molecule has 0 saturated heterocycles. The molecule has 1 fully saturated rings. The molecule has 14 heavy (non-hydrogen) atoms. The first-order chi connectivity index (χ1) is 6.57. The van der Waals surface area contributed by atoms with Gasteiger partial charge >= 0.3 is 0 Å². The number of carbonyl (C=O) groups is 1. The summed E-state index contributed by atoms with van der Waals surface area (Å²) < 4.78 is 0. The topological polar surface area (TPSA) is 37.3 Å². The number of aliphatic hydroxyl groups excluding tert-OH is 1. The largest absolute Gasteiger partial charge is 0.392 e. The van der Waals surface area contributed by atoms with E-state index in [1.807, 2.05) is 6.92 Å². The van der Waals surface area contributed by atoms with E-state index in [1.54, 1.807) is 6.08 Å². The van der Waals surface area contributed by atoms with Gasteiger partial charge < -0.3 is 5.11 Å². The highest BCUT2D eigenvalue weighted by molar-refractivity contribution is 5.97. The van der Waals surface area contributed by atoms with Crippen molar-refractivity contribution in [3.05, 3.63) is 11.6 Å². The molecule has 1 N–H and O–H groups in total. The van der Waals surface area contributed by atoms with E-state index in [1.165, 1.54) is 0 Å². The second kappa shape index (κ2) is 3.20. The van der Waals surface area contributed by atoms with E-state index in [-0.39, 0.29) is 5.78 Å². The van der Waals surface area contributed by atoms with Crippen molar-refractivity contribution < 1.29 is 9.90 Å². The monoisotopic (exact) mass is 194 g/mol. The van der Waals surface area contributed by atoms with Crippen LogP contribution in [0.3, 0.4) is 0 Å². The molecule has 3 atom stereocenters. The molecule has 0 unspecified atom stereocenters. The summed E-state index contributed by atoms with van der Waals surface area (Å²) in [6.45, 7) is 4.10. The summed E-state index contributed by atoms with van der Waals surface area (Å²) in [5.74, 6) is 0.508. The molecule has 0 bridgehead atoms. The Morgan fingerprint density at radius 2 is 2.21 bits per heavy atom. The Kier molecular flexibility index (Phi) is 2.26. The van der Waals surface area contributed by atoms with Crippen LogP contribution in [0.15, 0.2) is 11.6 Å². The fourth-order valence-corrected chi connectivity index (χ4v) is 3.03. The summed E-state index contributed by atoms with van der Waals surface area (Å²) in [4.78, 5) is 12.0. The van der Waals surface area contributed by atoms with E-state index < -0.39 is 11.5 Å². The van der Waals surface area contributed by atoms with E-state index in [9.17, 15) is 9.90 Å². The molecule has 2 aliphatic carbocycles. The number of allylic oxidation sites excluding steroid dienone is 2. The van der Waals surface area contributed by atoms with Crippen molar-refractivity contribution in [2.75, 3.05) is 0 Å². The number of hydrogen-bond donors (Lipinski definition) is 1. The summed E-state index contributed by atoms with van der Waals surface area (Å²) >= 11 is 0. The van der Waals surface area contributed by atoms with Gasteiger partial charge in [-0.1, -0.05) is 12.5 Å². The van der Waals surface area contributed by atoms with Crippen LogP contribution in [0.1, 0.15) is 39.5 Å². The van der Waals surface area contributed by atoms with Gasteiger partial charge in [-0.25, -0.2) is 0 Å². The van der Waals surface area contributed by atoms with Crippen molar-refractivity contribution in [2.45, 2.75) is 45.6 Å². The van der Waals surface area contributed by atoms with Crippen LogP contribution in [-0.4, -0.2) is 17.0 Å². The highest BCUT2D eigenvalue weighted by Gasteiger charge is 2.52. The maximum Gasteiger partial charge on any atom is 0.164 e. The third-order valence-electron chi connectivity index (χ3n) is 4.12. The molecule has 0 aliphatic heterocycles. The van der Waals surface area contributed by atoms with Crippen molar-refractivity contribution >= 4 is 5.78 Å². The highest BCUT2D eigenvalue weighted by atomic mass is 16.3.